The van der Waals surface area contributed by atoms with Crippen LogP contribution in [0.1, 0.15) is 10.4 Å². The summed E-state index contributed by atoms with van der Waals surface area (Å²) >= 11 is 0. The van der Waals surface area contributed by atoms with Crippen molar-refractivity contribution in [2.75, 3.05) is 0 Å². The van der Waals surface area contributed by atoms with Crippen LogP contribution in [0.15, 0.2) is 12.1 Å². The Bertz CT molecular complexity index is 308. The van der Waals surface area contributed by atoms with Crippen molar-refractivity contribution in [1.29, 1.82) is 0 Å². The largest absolute Gasteiger partial charge is 0.504 e. The van der Waals surface area contributed by atoms with E-state index in [1.54, 1.807) is 0 Å². The van der Waals surface area contributed by atoms with Crippen molar-refractivity contribution in [2.45, 2.75) is 0 Å². The number of aromatic hydroxyl groups is 3. The van der Waals surface area contributed by atoms with Crippen LogP contribution < -0.4 is 0 Å². The normalized spacial score (nSPS) is 9.67. The molecular weight excluding hydrogens is 165 g/mol. The van der Waals surface area contributed by atoms with E-state index in [1.165, 1.54) is 0 Å². The average Bonchev–Trinajstić information content (AvgIpc) is 1.99. The number of carboxylic acid groups (broad SMARTS) is 1. The topological polar surface area (TPSA) is 98.0 Å². The maximum absolute atomic E-state index is 10.3. The average molecular weight is 171 g/mol. The smallest absolute Gasteiger partial charge is 0.335 e. The number of rotatable bonds is 1. The van der Waals surface area contributed by atoms with Crippen LogP contribution in [0.4, 0.5) is 0 Å². The van der Waals surface area contributed by atoms with Crippen molar-refractivity contribution in [1.82, 2.24) is 0 Å². The van der Waals surface area contributed by atoms with Crippen LogP contribution in [0.2, 0.25) is 0 Å². The minimum Gasteiger partial charge on any atom is -0.504 e. The number of carboxylic acids is 1. The molecule has 0 aliphatic carbocycles. The van der Waals surface area contributed by atoms with Gasteiger partial charge in [0.05, 0.1) is 5.56 Å². The molecule has 1 aromatic carbocycles. The van der Waals surface area contributed by atoms with Crippen molar-refractivity contribution < 1.29 is 25.2 Å². The third-order valence-corrected chi connectivity index (χ3v) is 1.32. The van der Waals surface area contributed by atoms with E-state index in [-0.39, 0.29) is 5.56 Å². The molecule has 0 atom stereocenters. The number of hydrogen-bond acceptors (Lipinski definition) is 4. The van der Waals surface area contributed by atoms with Crippen LogP contribution in [0.25, 0.3) is 0 Å². The van der Waals surface area contributed by atoms with Gasteiger partial charge in [-0.2, -0.15) is 0 Å². The predicted molar refractivity (Wildman–Crippen MR) is 38.4 cm³/mol. The Morgan fingerprint density at radius 2 is 1.50 bits per heavy atom. The van der Waals surface area contributed by atoms with Crippen molar-refractivity contribution in [3.05, 3.63) is 17.7 Å². The Hall–Kier alpha value is -1.91. The summed E-state index contributed by atoms with van der Waals surface area (Å²) in [4.78, 5) is 10.3. The summed E-state index contributed by atoms with van der Waals surface area (Å²) in [6.07, 6.45) is 0. The molecule has 1 rings (SSSR count). The summed E-state index contributed by atoms with van der Waals surface area (Å²) < 4.78 is 0. The quantitative estimate of drug-likeness (QED) is 0.364. The van der Waals surface area contributed by atoms with Crippen LogP contribution in [-0.2, 0) is 0 Å². The van der Waals surface area contributed by atoms with Gasteiger partial charge in [0.1, 0.15) is 0 Å². The maximum atomic E-state index is 10.3. The Balaban J connectivity index is 3.31. The van der Waals surface area contributed by atoms with E-state index in [1.807, 2.05) is 0 Å². The maximum Gasteiger partial charge on any atom is 0.335 e. The molecule has 0 heterocycles. The van der Waals surface area contributed by atoms with E-state index in [0.717, 1.165) is 12.1 Å². The summed E-state index contributed by atoms with van der Waals surface area (Å²) in [5, 5.41) is 35.0. The Morgan fingerprint density at radius 3 is 1.83 bits per heavy atom. The molecule has 0 unspecified atom stereocenters. The summed E-state index contributed by atoms with van der Waals surface area (Å²) in [6, 6.07) is 1.69. The van der Waals surface area contributed by atoms with Gasteiger partial charge >= 0.3 is 5.97 Å². The fourth-order valence-corrected chi connectivity index (χ4v) is 0.728. The number of hydrogen-bond donors (Lipinski definition) is 4. The molecule has 0 bridgehead atoms. The number of phenolic OH excluding ortho intramolecular Hbond substituents is 3. The predicted octanol–water partition coefficient (Wildman–Crippen LogP) is 0.502. The van der Waals surface area contributed by atoms with Gasteiger partial charge in [-0.1, -0.05) is 0 Å². The standard InChI is InChI=1S/C7H6O5/c8-4-1-3(7(11)12)2-5(9)6(4)10/h1-2,8-10H,(H,11,12)/i7+1. The lowest BCUT2D eigenvalue weighted by Gasteiger charge is -2.01. The Labute approximate surface area is 67.1 Å². The van der Waals surface area contributed by atoms with Crippen LogP contribution in [0, 0.1) is 0 Å². The Morgan fingerprint density at radius 1 is 1.08 bits per heavy atom. The molecule has 0 amide bonds. The van der Waals surface area contributed by atoms with Gasteiger partial charge in [-0.25, -0.2) is 4.79 Å². The first kappa shape index (κ1) is 8.19. The number of carbonyl (C=O) groups is 1. The van der Waals surface area contributed by atoms with Gasteiger partial charge in [0.15, 0.2) is 17.2 Å². The highest BCUT2D eigenvalue weighted by molar-refractivity contribution is 5.89. The zero-order valence-corrected chi connectivity index (χ0v) is 5.85. The molecule has 12 heavy (non-hydrogen) atoms. The lowest BCUT2D eigenvalue weighted by molar-refractivity contribution is 0.0696. The zero-order chi connectivity index (χ0) is 9.30. The second-order valence-electron chi connectivity index (χ2n) is 2.17. The summed E-state index contributed by atoms with van der Waals surface area (Å²) in [6.45, 7) is 0. The zero-order valence-electron chi connectivity index (χ0n) is 5.85. The highest BCUT2D eigenvalue weighted by Gasteiger charge is 2.11. The minimum atomic E-state index is -1.29. The highest BCUT2D eigenvalue weighted by atomic mass is 16.5. The van der Waals surface area contributed by atoms with Crippen LogP contribution in [0.5, 0.6) is 17.2 Å². The van der Waals surface area contributed by atoms with E-state index in [4.69, 9.17) is 20.4 Å². The lowest BCUT2D eigenvalue weighted by Crippen LogP contribution is -1.95. The summed E-state index contributed by atoms with van der Waals surface area (Å²) in [7, 11) is 0. The SMILES string of the molecule is O=[13C](O)c1cc(O)c(O)c(O)c1. The molecule has 0 aromatic heterocycles. The number of benzene rings is 1. The molecule has 5 nitrogen and oxygen atoms in total. The third kappa shape index (κ3) is 1.24. The minimum absolute atomic E-state index is 0.289. The molecule has 0 aliphatic heterocycles. The van der Waals surface area contributed by atoms with E-state index in [2.05, 4.69) is 0 Å². The number of phenols is 3. The third-order valence-electron chi connectivity index (χ3n) is 1.32. The molecule has 64 valence electrons. The molecule has 0 fully saturated rings. The first-order valence-electron chi connectivity index (χ1n) is 3.00. The summed E-state index contributed by atoms with van der Waals surface area (Å²) in [5.41, 5.74) is -0.289. The molecule has 0 radical (unpaired) electrons. The molecular formula is C7H6O5. The Kier molecular flexibility index (Phi) is 1.78. The van der Waals surface area contributed by atoms with Crippen LogP contribution in [0.3, 0.4) is 0 Å². The monoisotopic (exact) mass is 171 g/mol. The molecule has 0 aliphatic rings. The fraction of sp³-hybridized carbons (Fsp3) is 0. The van der Waals surface area contributed by atoms with Crippen molar-refractivity contribution >= 4 is 5.97 Å². The first-order valence-corrected chi connectivity index (χ1v) is 3.00. The molecule has 4 N–H and O–H groups in total. The van der Waals surface area contributed by atoms with Gasteiger partial charge in [-0.05, 0) is 12.1 Å². The van der Waals surface area contributed by atoms with Crippen LogP contribution in [-0.4, -0.2) is 26.4 Å². The van der Waals surface area contributed by atoms with Gasteiger partial charge in [-0.15, -0.1) is 0 Å². The van der Waals surface area contributed by atoms with Crippen molar-refractivity contribution in [3.63, 3.8) is 0 Å². The molecule has 0 saturated heterocycles. The van der Waals surface area contributed by atoms with Gasteiger partial charge in [0.25, 0.3) is 0 Å². The lowest BCUT2D eigenvalue weighted by atomic mass is 10.2. The van der Waals surface area contributed by atoms with E-state index in [0.29, 0.717) is 0 Å². The highest BCUT2D eigenvalue weighted by Crippen LogP contribution is 2.35. The summed E-state index contributed by atoms with van der Waals surface area (Å²) in [5.74, 6) is -3.33. The van der Waals surface area contributed by atoms with Gasteiger partial charge in [-0.3, -0.25) is 0 Å². The molecule has 0 saturated carbocycles. The molecule has 1 aromatic rings. The van der Waals surface area contributed by atoms with Gasteiger partial charge in [0.2, 0.25) is 0 Å². The second-order valence-corrected chi connectivity index (χ2v) is 2.17. The van der Waals surface area contributed by atoms with E-state index >= 15 is 0 Å². The van der Waals surface area contributed by atoms with E-state index in [9.17, 15) is 4.79 Å². The molecule has 5 heteroatoms. The van der Waals surface area contributed by atoms with Crippen LogP contribution >= 0.6 is 0 Å². The van der Waals surface area contributed by atoms with Crippen molar-refractivity contribution in [2.24, 2.45) is 0 Å². The fourth-order valence-electron chi connectivity index (χ4n) is 0.728. The van der Waals surface area contributed by atoms with Gasteiger partial charge < -0.3 is 20.4 Å². The second kappa shape index (κ2) is 2.61. The number of aromatic carboxylic acids is 1. The molecule has 0 spiro atoms. The van der Waals surface area contributed by atoms with E-state index < -0.39 is 23.2 Å². The van der Waals surface area contributed by atoms with Crippen molar-refractivity contribution in [3.8, 4) is 17.2 Å². The van der Waals surface area contributed by atoms with Gasteiger partial charge in [0, 0.05) is 0 Å². The first-order chi connectivity index (χ1) is 5.52.